The lowest BCUT2D eigenvalue weighted by Gasteiger charge is -2.31. The molecule has 2 saturated heterocycles. The lowest BCUT2D eigenvalue weighted by molar-refractivity contribution is -0.120. The number of hydrogen-bond donors (Lipinski definition) is 1. The van der Waals surface area contributed by atoms with Crippen LogP contribution < -0.4 is 15.1 Å². The van der Waals surface area contributed by atoms with Crippen LogP contribution in [-0.4, -0.2) is 37.1 Å². The van der Waals surface area contributed by atoms with Gasteiger partial charge in [0.25, 0.3) is 5.89 Å². The van der Waals surface area contributed by atoms with Gasteiger partial charge in [0.15, 0.2) is 5.76 Å². The second-order valence-corrected chi connectivity index (χ2v) is 8.93. The summed E-state index contributed by atoms with van der Waals surface area (Å²) in [7, 11) is 0. The molecule has 5 rings (SSSR count). The summed E-state index contributed by atoms with van der Waals surface area (Å²) in [6.45, 7) is 3.30. The summed E-state index contributed by atoms with van der Waals surface area (Å²) in [4.78, 5) is 21.8. The summed E-state index contributed by atoms with van der Waals surface area (Å²) in [6, 6.07) is 13.7. The number of nitrogens with zero attached hydrogens (tertiary/aromatic N) is 4. The van der Waals surface area contributed by atoms with Gasteiger partial charge in [0.2, 0.25) is 17.5 Å². The van der Waals surface area contributed by atoms with Crippen LogP contribution in [-0.2, 0) is 4.79 Å². The summed E-state index contributed by atoms with van der Waals surface area (Å²) in [5.41, 5.74) is 2.24. The number of para-hydroxylation sites is 2. The van der Waals surface area contributed by atoms with Crippen molar-refractivity contribution in [2.75, 3.05) is 41.3 Å². The zero-order valence-corrected chi connectivity index (χ0v) is 19.2. The molecule has 8 heteroatoms. The zero-order valence-electron chi connectivity index (χ0n) is 19.2. The molecule has 2 fully saturated rings. The van der Waals surface area contributed by atoms with Crippen LogP contribution in [0.3, 0.4) is 0 Å². The maximum atomic E-state index is 13.1. The molecule has 0 bridgehead atoms. The molecule has 1 amide bonds. The molecule has 176 valence electrons. The number of nitrogens with one attached hydrogen (secondary N) is 1. The number of anilines is 3. The van der Waals surface area contributed by atoms with Crippen LogP contribution in [0.15, 0.2) is 51.5 Å². The van der Waals surface area contributed by atoms with Crippen molar-refractivity contribution in [3.63, 3.8) is 0 Å². The number of hydrogen-bond acceptors (Lipinski definition) is 7. The molecule has 1 N–H and O–H groups in total. The van der Waals surface area contributed by atoms with Crippen molar-refractivity contribution in [3.8, 4) is 17.7 Å². The van der Waals surface area contributed by atoms with E-state index < -0.39 is 0 Å². The predicted octanol–water partition coefficient (Wildman–Crippen LogP) is 5.04. The Morgan fingerprint density at radius 2 is 1.76 bits per heavy atom. The number of oxazole rings is 1. The van der Waals surface area contributed by atoms with E-state index in [1.807, 2.05) is 23.1 Å². The molecule has 0 spiro atoms. The van der Waals surface area contributed by atoms with Crippen LogP contribution in [0.5, 0.6) is 0 Å². The average molecular weight is 460 g/mol. The number of piperidine rings is 1. The Morgan fingerprint density at radius 3 is 2.47 bits per heavy atom. The second-order valence-electron chi connectivity index (χ2n) is 8.93. The second kappa shape index (κ2) is 10.0. The molecule has 0 radical (unpaired) electrons. The lowest BCUT2D eigenvalue weighted by atomic mass is 9.95. The van der Waals surface area contributed by atoms with Crippen LogP contribution in [0, 0.1) is 17.2 Å². The van der Waals surface area contributed by atoms with Gasteiger partial charge in [-0.25, -0.2) is 0 Å². The third kappa shape index (κ3) is 4.65. The number of aromatic nitrogens is 1. The number of rotatable bonds is 5. The number of carbonyl (C=O) groups excluding carboxylic acids is 1. The molecule has 0 saturated carbocycles. The van der Waals surface area contributed by atoms with Crippen molar-refractivity contribution in [1.29, 1.82) is 5.26 Å². The minimum atomic E-state index is -0.0913. The first-order chi connectivity index (χ1) is 16.7. The monoisotopic (exact) mass is 459 g/mol. The van der Waals surface area contributed by atoms with E-state index in [1.54, 1.807) is 18.4 Å². The first-order valence-corrected chi connectivity index (χ1v) is 12.1. The zero-order chi connectivity index (χ0) is 23.3. The summed E-state index contributed by atoms with van der Waals surface area (Å²) in [5.74, 6) is 1.18. The van der Waals surface area contributed by atoms with Gasteiger partial charge in [0.1, 0.15) is 6.07 Å². The minimum absolute atomic E-state index is 0.0521. The maximum absolute atomic E-state index is 13.1. The van der Waals surface area contributed by atoms with Gasteiger partial charge in [0.05, 0.1) is 17.6 Å². The fourth-order valence-electron chi connectivity index (χ4n) is 4.85. The van der Waals surface area contributed by atoms with Crippen molar-refractivity contribution in [1.82, 2.24) is 4.98 Å². The lowest BCUT2D eigenvalue weighted by Crippen LogP contribution is -2.38. The van der Waals surface area contributed by atoms with Gasteiger partial charge in [-0.3, -0.25) is 4.79 Å². The molecule has 34 heavy (non-hydrogen) atoms. The number of benzene rings is 1. The van der Waals surface area contributed by atoms with E-state index in [0.29, 0.717) is 43.5 Å². The fraction of sp³-hybridized carbons (Fsp3) is 0.423. The molecule has 3 aromatic rings. The highest BCUT2D eigenvalue weighted by atomic mass is 16.4. The smallest absolute Gasteiger partial charge is 0.266 e. The van der Waals surface area contributed by atoms with Gasteiger partial charge in [-0.15, -0.1) is 0 Å². The number of amides is 1. The predicted molar refractivity (Wildman–Crippen MR) is 130 cm³/mol. The largest absolute Gasteiger partial charge is 0.459 e. The quantitative estimate of drug-likeness (QED) is 0.570. The molecule has 2 aromatic heterocycles. The number of furan rings is 1. The van der Waals surface area contributed by atoms with E-state index in [2.05, 4.69) is 27.3 Å². The molecule has 0 aliphatic carbocycles. The van der Waals surface area contributed by atoms with Gasteiger partial charge < -0.3 is 24.0 Å². The molecular formula is C26H29N5O3. The first kappa shape index (κ1) is 22.1. The molecule has 2 aliphatic rings. The Morgan fingerprint density at radius 1 is 1.00 bits per heavy atom. The Balaban J connectivity index is 1.23. The van der Waals surface area contributed by atoms with E-state index in [-0.39, 0.29) is 17.5 Å². The minimum Gasteiger partial charge on any atom is -0.459 e. The van der Waals surface area contributed by atoms with E-state index in [4.69, 9.17) is 8.83 Å². The summed E-state index contributed by atoms with van der Waals surface area (Å²) in [5, 5.41) is 12.7. The van der Waals surface area contributed by atoms with Crippen molar-refractivity contribution in [3.05, 3.63) is 48.4 Å². The first-order valence-electron chi connectivity index (χ1n) is 12.1. The third-order valence-corrected chi connectivity index (χ3v) is 6.71. The molecule has 1 aromatic carbocycles. The van der Waals surface area contributed by atoms with Crippen molar-refractivity contribution >= 4 is 23.2 Å². The van der Waals surface area contributed by atoms with E-state index in [1.165, 1.54) is 25.7 Å². The van der Waals surface area contributed by atoms with Crippen LogP contribution >= 0.6 is 0 Å². The van der Waals surface area contributed by atoms with E-state index in [9.17, 15) is 10.1 Å². The van der Waals surface area contributed by atoms with Crippen LogP contribution in [0.1, 0.15) is 44.2 Å². The van der Waals surface area contributed by atoms with Gasteiger partial charge in [-0.1, -0.05) is 25.0 Å². The SMILES string of the molecule is N#Cc1nc(-c2ccco2)oc1N1CCC(C(=O)Nc2ccccc2N2CCCCCC2)CC1. The maximum Gasteiger partial charge on any atom is 0.266 e. The van der Waals surface area contributed by atoms with E-state index >= 15 is 0 Å². The summed E-state index contributed by atoms with van der Waals surface area (Å²) in [6.07, 6.45) is 7.82. The van der Waals surface area contributed by atoms with E-state index in [0.717, 1.165) is 24.5 Å². The molecule has 0 atom stereocenters. The molecule has 4 heterocycles. The molecule has 8 nitrogen and oxygen atoms in total. The van der Waals surface area contributed by atoms with Gasteiger partial charge in [0, 0.05) is 32.1 Å². The topological polar surface area (TPSA) is 98.5 Å². The van der Waals surface area contributed by atoms with Gasteiger partial charge >= 0.3 is 0 Å². The summed E-state index contributed by atoms with van der Waals surface area (Å²) >= 11 is 0. The van der Waals surface area contributed by atoms with Crippen molar-refractivity contribution in [2.45, 2.75) is 38.5 Å². The Kier molecular flexibility index (Phi) is 6.52. The Hall–Kier alpha value is -3.73. The highest BCUT2D eigenvalue weighted by molar-refractivity contribution is 5.96. The number of carbonyl (C=O) groups is 1. The molecule has 2 aliphatic heterocycles. The van der Waals surface area contributed by atoms with Gasteiger partial charge in [-0.05, 0) is 49.9 Å². The summed E-state index contributed by atoms with van der Waals surface area (Å²) < 4.78 is 11.2. The highest BCUT2D eigenvalue weighted by Crippen LogP contribution is 2.33. The fourth-order valence-corrected chi connectivity index (χ4v) is 4.85. The highest BCUT2D eigenvalue weighted by Gasteiger charge is 2.30. The van der Waals surface area contributed by atoms with Crippen LogP contribution in [0.25, 0.3) is 11.7 Å². The van der Waals surface area contributed by atoms with Crippen LogP contribution in [0.2, 0.25) is 0 Å². The Labute approximate surface area is 199 Å². The van der Waals surface area contributed by atoms with Crippen molar-refractivity contribution in [2.24, 2.45) is 5.92 Å². The molecule has 0 unspecified atom stereocenters. The normalized spacial score (nSPS) is 17.3. The average Bonchev–Trinajstić information content (AvgIpc) is 3.48. The van der Waals surface area contributed by atoms with Crippen LogP contribution in [0.4, 0.5) is 17.3 Å². The van der Waals surface area contributed by atoms with Crippen molar-refractivity contribution < 1.29 is 13.6 Å². The third-order valence-electron chi connectivity index (χ3n) is 6.71. The Bertz CT molecular complexity index is 1150. The van der Waals surface area contributed by atoms with Gasteiger partial charge in [-0.2, -0.15) is 10.2 Å². The number of nitriles is 1. The standard InChI is InChI=1S/C26H29N5O3/c27-18-21-26(34-25(29-21)23-10-7-17-33-23)31-15-11-19(12-16-31)24(32)28-20-8-3-4-9-22(20)30-13-5-1-2-6-14-30/h3-4,7-10,17,19H,1-2,5-6,11-16H2,(H,28,32). The molecular weight excluding hydrogens is 430 g/mol.